The molecule has 0 spiro atoms. The van der Waals surface area contributed by atoms with E-state index in [9.17, 15) is 0 Å². The highest BCUT2D eigenvalue weighted by Crippen LogP contribution is 1.57. The molecule has 0 aliphatic carbocycles. The Kier molecular flexibility index (Phi) is 16.6. The van der Waals surface area contributed by atoms with Crippen molar-refractivity contribution in [2.75, 3.05) is 0 Å². The first-order valence-electron chi connectivity index (χ1n) is 2.75. The molecule has 0 amide bonds. The van der Waals surface area contributed by atoms with Crippen molar-refractivity contribution in [3.05, 3.63) is 0 Å². The molecule has 0 aromatic carbocycles. The van der Waals surface area contributed by atoms with Crippen LogP contribution in [0.1, 0.15) is 0 Å². The zero-order chi connectivity index (χ0) is 9.07. The zero-order valence-corrected chi connectivity index (χ0v) is 18.0. The van der Waals surface area contributed by atoms with Crippen molar-refractivity contribution in [1.29, 1.82) is 0 Å². The summed E-state index contributed by atoms with van der Waals surface area (Å²) in [6, 6.07) is 0. The van der Waals surface area contributed by atoms with Gasteiger partial charge in [0, 0.05) is 105 Å². The quantitative estimate of drug-likeness (QED) is 0.294. The van der Waals surface area contributed by atoms with Crippen molar-refractivity contribution in [1.82, 2.24) is 0 Å². The average molecular weight is 337 g/mol. The molecule has 0 aromatic rings. The van der Waals surface area contributed by atoms with E-state index in [-0.39, 0.29) is 0 Å². The van der Waals surface area contributed by atoms with Crippen molar-refractivity contribution < 1.29 is 0 Å². The van der Waals surface area contributed by atoms with Crippen molar-refractivity contribution >= 4 is 105 Å². The molecule has 0 saturated heterocycles. The smallest absolute Gasteiger partial charge is 0 e. The molecule has 0 atom stereocenters. The van der Waals surface area contributed by atoms with E-state index in [1.807, 2.05) is 0 Å². The van der Waals surface area contributed by atoms with Crippen LogP contribution in [0.2, 0.25) is 0 Å². The van der Waals surface area contributed by atoms with Crippen LogP contribution in [0.4, 0.5) is 0 Å². The first-order valence-corrected chi connectivity index (χ1v) is 24.8. The summed E-state index contributed by atoms with van der Waals surface area (Å²) in [4.78, 5) is 0. The maximum absolute atomic E-state index is 3.55. The zero-order valence-electron chi connectivity index (χ0n) is 6.00. The highest BCUT2D eigenvalue weighted by Gasteiger charge is 1.95. The van der Waals surface area contributed by atoms with Crippen LogP contribution in [-0.4, -0.2) is 105 Å². The van der Waals surface area contributed by atoms with Crippen LogP contribution in [0.5, 0.6) is 0 Å². The molecule has 0 unspecified atom stereocenters. The van der Waals surface area contributed by atoms with Gasteiger partial charge in [0.25, 0.3) is 0 Å². The Bertz CT molecular complexity index is 56.4. The molecule has 0 rings (SSSR count). The van der Waals surface area contributed by atoms with Gasteiger partial charge in [-0.1, -0.05) is 0 Å². The Labute approximate surface area is 104 Å². The molecule has 0 saturated carbocycles. The van der Waals surface area contributed by atoms with Gasteiger partial charge >= 0.3 is 0 Å². The third-order valence-corrected chi connectivity index (χ3v) is 45.6. The molecule has 0 nitrogen and oxygen atoms in total. The van der Waals surface area contributed by atoms with Gasteiger partial charge in [-0.3, -0.25) is 0 Å². The van der Waals surface area contributed by atoms with Crippen molar-refractivity contribution in [3.63, 3.8) is 0 Å². The fraction of sp³-hybridized carbons (Fsp3) is 0. The minimum atomic E-state index is 1.03. The van der Waals surface area contributed by atoms with E-state index >= 15 is 0 Å². The summed E-state index contributed by atoms with van der Waals surface area (Å²) in [5.41, 5.74) is 0. The topological polar surface area (TPSA) is 0 Å². The minimum absolute atomic E-state index is 1.03. The van der Waals surface area contributed by atoms with E-state index in [0.29, 0.717) is 0 Å². The molecule has 26 radical (unpaired) electrons. The Morgan fingerprint density at radius 3 is 0.917 bits per heavy atom. The molecule has 0 aromatic heterocycles. The summed E-state index contributed by atoms with van der Waals surface area (Å²) in [5.74, 6) is 0. The fourth-order valence-electron chi connectivity index (χ4n) is 0.250. The second kappa shape index (κ2) is 13.6. The normalized spacial score (nSPS) is 10.5. The van der Waals surface area contributed by atoms with Gasteiger partial charge in [0.05, 0.1) is 0 Å². The molecule has 0 fully saturated rings. The monoisotopic (exact) mass is 336 g/mol. The molecule has 12 heavy (non-hydrogen) atoms. The predicted octanol–water partition coefficient (Wildman–Crippen LogP) is -4.57. The van der Waals surface area contributed by atoms with Crippen LogP contribution in [0.25, 0.3) is 0 Å². The van der Waals surface area contributed by atoms with Gasteiger partial charge in [-0.05, 0) is 0 Å². The maximum atomic E-state index is 3.55. The summed E-state index contributed by atoms with van der Waals surface area (Å²) in [6.07, 6.45) is 0. The SMILES string of the molecule is [Si][Si][Si][Si][Si][Si][Si][Si][Si][Si][Si][Si]. The van der Waals surface area contributed by atoms with Gasteiger partial charge < -0.3 is 0 Å². The van der Waals surface area contributed by atoms with E-state index < -0.39 is 0 Å². The summed E-state index contributed by atoms with van der Waals surface area (Å²) >= 11 is 0. The molecule has 0 heterocycles. The average Bonchev–Trinajstić information content (AvgIpc) is 2.10. The summed E-state index contributed by atoms with van der Waals surface area (Å²) < 4.78 is 0. The molecular weight excluding hydrogens is 337 g/mol. The highest BCUT2D eigenvalue weighted by atomic mass is 30.0. The molecule has 0 bridgehead atoms. The summed E-state index contributed by atoms with van der Waals surface area (Å²) in [6.45, 7) is 0. The fourth-order valence-corrected chi connectivity index (χ4v) is 60.8. The molecule has 0 N–H and O–H groups in total. The van der Waals surface area contributed by atoms with Gasteiger partial charge in [-0.15, -0.1) is 0 Å². The largest absolute Gasteiger partial charge is 0 e. The van der Waals surface area contributed by atoms with E-state index in [1.54, 1.807) is 0 Å². The second-order valence-corrected chi connectivity index (χ2v) is 33.8. The number of rotatable bonds is 9. The van der Waals surface area contributed by atoms with Crippen LogP contribution in [0, 0.1) is 0 Å². The summed E-state index contributed by atoms with van der Waals surface area (Å²) in [5, 5.41) is 0. The Hall–Kier alpha value is 2.60. The lowest BCUT2D eigenvalue weighted by Crippen LogP contribution is -2.32. The molecular formula is Si12. The van der Waals surface area contributed by atoms with Crippen LogP contribution in [0.15, 0.2) is 0 Å². The first-order chi connectivity index (χ1) is 5.91. The van der Waals surface area contributed by atoms with Gasteiger partial charge in [-0.25, -0.2) is 0 Å². The molecule has 48 valence electrons. The van der Waals surface area contributed by atoms with Crippen LogP contribution >= 0.6 is 0 Å². The van der Waals surface area contributed by atoms with Crippen molar-refractivity contribution in [3.8, 4) is 0 Å². The minimum Gasteiger partial charge on any atom is 0 e. The third-order valence-electron chi connectivity index (χ3n) is 0.562. The Morgan fingerprint density at radius 2 is 0.667 bits per heavy atom. The van der Waals surface area contributed by atoms with Crippen LogP contribution < -0.4 is 0 Å². The standard InChI is InChI=1S/Si12/c1-3-5-7-9-11-12-10-8-6-4-2. The highest BCUT2D eigenvalue weighted by molar-refractivity contribution is 7.70. The summed E-state index contributed by atoms with van der Waals surface area (Å²) in [7, 11) is 19.4. The number of hydrogen-bond acceptors (Lipinski definition) is 0. The lowest BCUT2D eigenvalue weighted by molar-refractivity contribution is 3.81. The van der Waals surface area contributed by atoms with E-state index in [1.165, 1.54) is 68.4 Å². The Morgan fingerprint density at radius 1 is 0.417 bits per heavy atom. The molecule has 0 aliphatic rings. The molecule has 12 heteroatoms. The van der Waals surface area contributed by atoms with E-state index in [4.69, 9.17) is 0 Å². The van der Waals surface area contributed by atoms with E-state index in [2.05, 4.69) is 19.5 Å². The molecule has 0 aliphatic heterocycles. The Balaban J connectivity index is 2.73. The first kappa shape index (κ1) is 14.6. The lowest BCUT2D eigenvalue weighted by Gasteiger charge is -1.94. The van der Waals surface area contributed by atoms with Crippen molar-refractivity contribution in [2.24, 2.45) is 0 Å². The van der Waals surface area contributed by atoms with Crippen LogP contribution in [-0.2, 0) is 0 Å². The number of hydrogen-bond donors (Lipinski definition) is 0. The second-order valence-electron chi connectivity index (χ2n) is 1.25. The van der Waals surface area contributed by atoms with Crippen molar-refractivity contribution in [2.45, 2.75) is 0 Å². The van der Waals surface area contributed by atoms with Gasteiger partial charge in [-0.2, -0.15) is 0 Å². The lowest BCUT2D eigenvalue weighted by atomic mass is 26.1. The maximum Gasteiger partial charge on any atom is 0 e. The van der Waals surface area contributed by atoms with Gasteiger partial charge in [0.1, 0.15) is 0 Å². The predicted molar refractivity (Wildman–Crippen MR) is 69.0 cm³/mol. The van der Waals surface area contributed by atoms with E-state index in [0.717, 1.165) is 17.1 Å². The van der Waals surface area contributed by atoms with Gasteiger partial charge in [0.15, 0.2) is 0 Å². The van der Waals surface area contributed by atoms with Gasteiger partial charge in [0.2, 0.25) is 0 Å². The van der Waals surface area contributed by atoms with Crippen LogP contribution in [0.3, 0.4) is 0 Å². The third kappa shape index (κ3) is 12.6.